The smallest absolute Gasteiger partial charge is 0.292 e. The second-order valence-corrected chi connectivity index (χ2v) is 5.50. The molecule has 1 saturated heterocycles. The van der Waals surface area contributed by atoms with Crippen LogP contribution < -0.4 is 9.80 Å². The van der Waals surface area contributed by atoms with E-state index in [1.54, 1.807) is 18.2 Å². The second-order valence-electron chi connectivity index (χ2n) is 5.10. The van der Waals surface area contributed by atoms with Gasteiger partial charge in [0.1, 0.15) is 0 Å². The summed E-state index contributed by atoms with van der Waals surface area (Å²) < 4.78 is 0. The molecule has 0 aromatic heterocycles. The Balaban J connectivity index is 2.28. The van der Waals surface area contributed by atoms with E-state index in [4.69, 9.17) is 11.6 Å². The van der Waals surface area contributed by atoms with E-state index < -0.39 is 0 Å². The molecular formula is C15H18ClN2O2+. The van der Waals surface area contributed by atoms with Crippen LogP contribution in [0.5, 0.6) is 0 Å². The number of hydrogen-bond donors (Lipinski definition) is 1. The number of halogens is 1. The lowest BCUT2D eigenvalue weighted by molar-refractivity contribution is -0.888. The molecule has 2 rings (SSSR count). The van der Waals surface area contributed by atoms with Gasteiger partial charge < -0.3 is 4.90 Å². The third-order valence-electron chi connectivity index (χ3n) is 3.62. The van der Waals surface area contributed by atoms with Gasteiger partial charge in [0.15, 0.2) is 6.04 Å². The zero-order chi connectivity index (χ0) is 14.9. The van der Waals surface area contributed by atoms with Crippen LogP contribution in [0.25, 0.3) is 0 Å². The number of nitrogens with zero attached hydrogens (tertiary/aromatic N) is 1. The Labute approximate surface area is 123 Å². The summed E-state index contributed by atoms with van der Waals surface area (Å²) in [5, 5.41) is 0.554. The van der Waals surface area contributed by atoms with Crippen LogP contribution in [0.4, 0.5) is 5.69 Å². The maximum Gasteiger partial charge on any atom is 0.292 e. The van der Waals surface area contributed by atoms with Gasteiger partial charge in [-0.05, 0) is 30.7 Å². The van der Waals surface area contributed by atoms with Crippen LogP contribution in [0, 0.1) is 6.92 Å². The van der Waals surface area contributed by atoms with Crippen molar-refractivity contribution in [1.82, 2.24) is 0 Å². The Hall–Kier alpha value is -1.65. The molecule has 0 aliphatic carbocycles. The SMILES string of the molecule is C=CC[NH+](C)[C@@H]1CC(=O)N(c2ccc(C)c(Cl)c2)C1=O. The molecule has 1 unspecified atom stereocenters. The Kier molecular flexibility index (Phi) is 4.26. The number of rotatable bonds is 4. The first-order valence-electron chi connectivity index (χ1n) is 6.52. The number of carbonyl (C=O) groups is 2. The van der Waals surface area contributed by atoms with Crippen molar-refractivity contribution >= 4 is 29.1 Å². The number of benzene rings is 1. The summed E-state index contributed by atoms with van der Waals surface area (Å²) in [5.41, 5.74) is 1.46. The molecule has 2 amide bonds. The van der Waals surface area contributed by atoms with Crippen LogP contribution in [0.1, 0.15) is 12.0 Å². The van der Waals surface area contributed by atoms with Gasteiger partial charge in [-0.1, -0.05) is 24.2 Å². The van der Waals surface area contributed by atoms with E-state index in [-0.39, 0.29) is 24.3 Å². The summed E-state index contributed by atoms with van der Waals surface area (Å²) in [4.78, 5) is 26.8. The fourth-order valence-corrected chi connectivity index (χ4v) is 2.55. The zero-order valence-corrected chi connectivity index (χ0v) is 12.4. The van der Waals surface area contributed by atoms with Crippen molar-refractivity contribution in [2.75, 3.05) is 18.5 Å². The van der Waals surface area contributed by atoms with Crippen molar-refractivity contribution in [1.29, 1.82) is 0 Å². The number of amides is 2. The number of hydrogen-bond acceptors (Lipinski definition) is 2. The summed E-state index contributed by atoms with van der Waals surface area (Å²) in [6.07, 6.45) is 1.97. The quantitative estimate of drug-likeness (QED) is 0.664. The fourth-order valence-electron chi connectivity index (χ4n) is 2.38. The fraction of sp³-hybridized carbons (Fsp3) is 0.333. The molecule has 0 saturated carbocycles. The van der Waals surface area contributed by atoms with Crippen molar-refractivity contribution in [2.24, 2.45) is 0 Å². The van der Waals surface area contributed by atoms with Gasteiger partial charge >= 0.3 is 0 Å². The highest BCUT2D eigenvalue weighted by molar-refractivity contribution is 6.32. The van der Waals surface area contributed by atoms with Crippen molar-refractivity contribution in [2.45, 2.75) is 19.4 Å². The van der Waals surface area contributed by atoms with Crippen LogP contribution in [-0.4, -0.2) is 31.4 Å². The second kappa shape index (κ2) is 5.77. The van der Waals surface area contributed by atoms with E-state index in [2.05, 4.69) is 6.58 Å². The van der Waals surface area contributed by atoms with Crippen LogP contribution >= 0.6 is 11.6 Å². The molecule has 1 heterocycles. The molecule has 106 valence electrons. The Morgan fingerprint density at radius 2 is 2.20 bits per heavy atom. The van der Waals surface area contributed by atoms with E-state index in [9.17, 15) is 9.59 Å². The van der Waals surface area contributed by atoms with Crippen LogP contribution in [0.15, 0.2) is 30.9 Å². The van der Waals surface area contributed by atoms with E-state index in [1.807, 2.05) is 20.0 Å². The predicted molar refractivity (Wildman–Crippen MR) is 79.0 cm³/mol. The Bertz CT molecular complexity index is 571. The van der Waals surface area contributed by atoms with Gasteiger partial charge in [0, 0.05) is 5.02 Å². The molecule has 0 radical (unpaired) electrons. The highest BCUT2D eigenvalue weighted by Crippen LogP contribution is 2.26. The molecule has 1 fully saturated rings. The maximum absolute atomic E-state index is 12.4. The van der Waals surface area contributed by atoms with Crippen molar-refractivity contribution in [3.8, 4) is 0 Å². The third kappa shape index (κ3) is 2.62. The molecule has 5 heteroatoms. The first-order chi connectivity index (χ1) is 9.45. The number of quaternary nitrogens is 1. The molecule has 1 aliphatic rings. The molecule has 1 aromatic carbocycles. The standard InChI is InChI=1S/C15H17ClN2O2/c1-4-7-17(3)13-9-14(19)18(15(13)20)11-6-5-10(2)12(16)8-11/h4-6,8,13H,1,7,9H2,2-3H3/p+1/t13-/m1/s1. The normalized spacial score (nSPS) is 20.4. The molecule has 1 aliphatic heterocycles. The number of aryl methyl sites for hydroxylation is 1. The number of nitrogens with one attached hydrogen (secondary N) is 1. The minimum Gasteiger partial charge on any atom is -0.323 e. The van der Waals surface area contributed by atoms with Gasteiger partial charge in [-0.25, -0.2) is 4.90 Å². The molecule has 1 N–H and O–H groups in total. The van der Waals surface area contributed by atoms with Crippen LogP contribution in [-0.2, 0) is 9.59 Å². The molecule has 20 heavy (non-hydrogen) atoms. The first kappa shape index (κ1) is 14.8. The van der Waals surface area contributed by atoms with Crippen molar-refractivity contribution in [3.05, 3.63) is 41.4 Å². The Morgan fingerprint density at radius 1 is 1.50 bits per heavy atom. The Morgan fingerprint density at radius 3 is 2.80 bits per heavy atom. The number of likely N-dealkylation sites (N-methyl/N-ethyl adjacent to an activating group) is 1. The minimum atomic E-state index is -0.347. The van der Waals surface area contributed by atoms with Gasteiger partial charge in [0.25, 0.3) is 5.91 Å². The highest BCUT2D eigenvalue weighted by atomic mass is 35.5. The van der Waals surface area contributed by atoms with Crippen molar-refractivity contribution < 1.29 is 14.5 Å². The topological polar surface area (TPSA) is 41.8 Å². The van der Waals surface area contributed by atoms with E-state index in [1.165, 1.54) is 4.90 Å². The van der Waals surface area contributed by atoms with Gasteiger partial charge in [-0.2, -0.15) is 0 Å². The van der Waals surface area contributed by atoms with Gasteiger partial charge in [-0.3, -0.25) is 9.59 Å². The average Bonchev–Trinajstić information content (AvgIpc) is 2.69. The predicted octanol–water partition coefficient (Wildman–Crippen LogP) is 0.981. The summed E-state index contributed by atoms with van der Waals surface area (Å²) >= 11 is 6.07. The molecule has 4 nitrogen and oxygen atoms in total. The van der Waals surface area contributed by atoms with Crippen molar-refractivity contribution in [3.63, 3.8) is 0 Å². The van der Waals surface area contributed by atoms with Crippen LogP contribution in [0.3, 0.4) is 0 Å². The minimum absolute atomic E-state index is 0.172. The van der Waals surface area contributed by atoms with E-state index in [0.717, 1.165) is 10.5 Å². The first-order valence-corrected chi connectivity index (χ1v) is 6.89. The number of carbonyl (C=O) groups excluding carboxylic acids is 2. The molecule has 0 spiro atoms. The summed E-state index contributed by atoms with van der Waals surface area (Å²) in [7, 11) is 1.89. The summed E-state index contributed by atoms with van der Waals surface area (Å²) in [6, 6.07) is 4.88. The zero-order valence-electron chi connectivity index (χ0n) is 11.6. The van der Waals surface area contributed by atoms with Gasteiger partial charge in [-0.15, -0.1) is 0 Å². The van der Waals surface area contributed by atoms with Crippen LogP contribution in [0.2, 0.25) is 5.02 Å². The average molecular weight is 294 g/mol. The maximum atomic E-state index is 12.4. The monoisotopic (exact) mass is 293 g/mol. The lowest BCUT2D eigenvalue weighted by Gasteiger charge is -2.19. The molecule has 0 bridgehead atoms. The van der Waals surface area contributed by atoms with Gasteiger partial charge in [0.05, 0.1) is 25.7 Å². The molecule has 1 aromatic rings. The third-order valence-corrected chi connectivity index (χ3v) is 4.03. The van der Waals surface area contributed by atoms with Gasteiger partial charge in [0.2, 0.25) is 5.91 Å². The number of imide groups is 1. The summed E-state index contributed by atoms with van der Waals surface area (Å²) in [6.45, 7) is 6.19. The highest BCUT2D eigenvalue weighted by Gasteiger charge is 2.44. The molecular weight excluding hydrogens is 276 g/mol. The van der Waals surface area contributed by atoms with E-state index in [0.29, 0.717) is 17.3 Å². The van der Waals surface area contributed by atoms with E-state index >= 15 is 0 Å². The lowest BCUT2D eigenvalue weighted by atomic mass is 10.2. The number of anilines is 1. The molecule has 2 atom stereocenters. The largest absolute Gasteiger partial charge is 0.323 e. The summed E-state index contributed by atoms with van der Waals surface area (Å²) in [5.74, 6) is -0.349. The lowest BCUT2D eigenvalue weighted by Crippen LogP contribution is -3.13.